The van der Waals surface area contributed by atoms with E-state index in [0.717, 1.165) is 34.5 Å². The minimum atomic E-state index is 0.0624. The second-order valence-corrected chi connectivity index (χ2v) is 6.49. The highest BCUT2D eigenvalue weighted by Gasteiger charge is 2.22. The van der Waals surface area contributed by atoms with Gasteiger partial charge in [0.25, 0.3) is 0 Å². The number of nitrogens with one attached hydrogen (secondary N) is 1. The largest absolute Gasteiger partial charge is 0.496 e. The van der Waals surface area contributed by atoms with E-state index in [4.69, 9.17) is 9.47 Å². The second kappa shape index (κ2) is 7.82. The van der Waals surface area contributed by atoms with E-state index >= 15 is 0 Å². The van der Waals surface area contributed by atoms with Crippen LogP contribution in [0.25, 0.3) is 0 Å². The molecule has 114 valence electrons. The van der Waals surface area contributed by atoms with Gasteiger partial charge in [0.2, 0.25) is 0 Å². The number of methoxy groups -OCH3 is 2. The smallest absolute Gasteiger partial charge is 0.134 e. The van der Waals surface area contributed by atoms with Crippen LogP contribution in [0, 0.1) is 0 Å². The van der Waals surface area contributed by atoms with E-state index in [2.05, 4.69) is 39.6 Å². The van der Waals surface area contributed by atoms with Crippen molar-refractivity contribution >= 4 is 27.3 Å². The maximum Gasteiger partial charge on any atom is 0.134 e. The zero-order valence-corrected chi connectivity index (χ0v) is 14.9. The summed E-state index contributed by atoms with van der Waals surface area (Å²) < 4.78 is 12.1. The fourth-order valence-corrected chi connectivity index (χ4v) is 3.58. The predicted octanol–water partition coefficient (Wildman–Crippen LogP) is 4.62. The van der Waals surface area contributed by atoms with Gasteiger partial charge in [0.15, 0.2) is 0 Å². The van der Waals surface area contributed by atoms with Crippen LogP contribution in [-0.2, 0) is 0 Å². The van der Waals surface area contributed by atoms with Crippen molar-refractivity contribution in [1.29, 1.82) is 0 Å². The van der Waals surface area contributed by atoms with Crippen LogP contribution in [-0.4, -0.2) is 20.8 Å². The Morgan fingerprint density at radius 1 is 1.19 bits per heavy atom. The fraction of sp³-hybridized carbons (Fsp3) is 0.375. The number of hydrogen-bond donors (Lipinski definition) is 1. The van der Waals surface area contributed by atoms with E-state index < -0.39 is 0 Å². The molecule has 5 heteroatoms. The maximum atomic E-state index is 5.54. The highest BCUT2D eigenvalue weighted by atomic mass is 79.9. The van der Waals surface area contributed by atoms with E-state index in [1.54, 1.807) is 25.6 Å². The predicted molar refractivity (Wildman–Crippen MR) is 91.7 cm³/mol. The number of benzene rings is 1. The van der Waals surface area contributed by atoms with E-state index in [9.17, 15) is 0 Å². The first kappa shape index (κ1) is 16.3. The quantitative estimate of drug-likeness (QED) is 0.772. The van der Waals surface area contributed by atoms with Gasteiger partial charge < -0.3 is 14.8 Å². The van der Waals surface area contributed by atoms with Crippen LogP contribution in [0.1, 0.15) is 29.8 Å². The highest BCUT2D eigenvalue weighted by Crippen LogP contribution is 2.39. The Hall–Kier alpha value is -1.04. The number of ether oxygens (including phenoxy) is 2. The summed E-state index contributed by atoms with van der Waals surface area (Å²) in [5.74, 6) is 1.79. The first-order chi connectivity index (χ1) is 10.2. The van der Waals surface area contributed by atoms with E-state index in [1.807, 2.05) is 18.2 Å². The third-order valence-electron chi connectivity index (χ3n) is 3.24. The van der Waals surface area contributed by atoms with Gasteiger partial charge in [0.1, 0.15) is 11.5 Å². The molecular formula is C16H20BrNO2S. The van der Waals surface area contributed by atoms with Crippen LogP contribution < -0.4 is 14.8 Å². The van der Waals surface area contributed by atoms with Gasteiger partial charge >= 0.3 is 0 Å². The first-order valence-corrected chi connectivity index (χ1v) is 8.56. The third kappa shape index (κ3) is 3.78. The Balaban J connectivity index is 2.47. The lowest BCUT2D eigenvalue weighted by Crippen LogP contribution is -2.23. The van der Waals surface area contributed by atoms with Crippen molar-refractivity contribution in [1.82, 2.24) is 5.32 Å². The average Bonchev–Trinajstić information content (AvgIpc) is 2.96. The molecule has 0 aliphatic carbocycles. The molecule has 1 unspecified atom stereocenters. The zero-order chi connectivity index (χ0) is 15.2. The molecule has 1 aromatic heterocycles. The molecule has 0 aliphatic heterocycles. The monoisotopic (exact) mass is 369 g/mol. The molecule has 0 radical (unpaired) electrons. The van der Waals surface area contributed by atoms with Gasteiger partial charge in [0.05, 0.1) is 25.1 Å². The van der Waals surface area contributed by atoms with Crippen molar-refractivity contribution in [3.8, 4) is 11.5 Å². The van der Waals surface area contributed by atoms with E-state index in [0.29, 0.717) is 0 Å². The minimum Gasteiger partial charge on any atom is -0.496 e. The minimum absolute atomic E-state index is 0.0624. The summed E-state index contributed by atoms with van der Waals surface area (Å²) in [6.45, 7) is 3.09. The average molecular weight is 370 g/mol. The van der Waals surface area contributed by atoms with Crippen LogP contribution in [0.2, 0.25) is 0 Å². The van der Waals surface area contributed by atoms with Crippen LogP contribution in [0.5, 0.6) is 11.5 Å². The molecule has 0 amide bonds. The van der Waals surface area contributed by atoms with Crippen molar-refractivity contribution in [2.24, 2.45) is 0 Å². The molecule has 0 spiro atoms. The van der Waals surface area contributed by atoms with Crippen molar-refractivity contribution in [2.45, 2.75) is 19.4 Å². The Morgan fingerprint density at radius 2 is 1.95 bits per heavy atom. The molecule has 1 aromatic carbocycles. The summed E-state index contributed by atoms with van der Waals surface area (Å²) in [5, 5.41) is 5.65. The molecular weight excluding hydrogens is 350 g/mol. The lowest BCUT2D eigenvalue weighted by molar-refractivity contribution is 0.396. The molecule has 0 saturated carbocycles. The van der Waals surface area contributed by atoms with Gasteiger partial charge in [-0.15, -0.1) is 11.3 Å². The summed E-state index contributed by atoms with van der Waals surface area (Å²) in [6.07, 6.45) is 1.07. The molecule has 0 saturated heterocycles. The number of thiophene rings is 1. The third-order valence-corrected chi connectivity index (χ3v) is 4.70. The number of rotatable bonds is 7. The van der Waals surface area contributed by atoms with Crippen molar-refractivity contribution in [3.63, 3.8) is 0 Å². The van der Waals surface area contributed by atoms with E-state index in [1.165, 1.54) is 4.88 Å². The molecule has 3 nitrogen and oxygen atoms in total. The Kier molecular flexibility index (Phi) is 6.08. The Morgan fingerprint density at radius 3 is 2.62 bits per heavy atom. The van der Waals surface area contributed by atoms with Gasteiger partial charge in [-0.2, -0.15) is 0 Å². The normalized spacial score (nSPS) is 12.2. The number of hydrogen-bond acceptors (Lipinski definition) is 4. The maximum absolute atomic E-state index is 5.54. The van der Waals surface area contributed by atoms with Gasteiger partial charge in [-0.1, -0.05) is 22.9 Å². The van der Waals surface area contributed by atoms with Gasteiger partial charge in [-0.3, -0.25) is 0 Å². The molecule has 0 bridgehead atoms. The molecule has 1 heterocycles. The molecule has 1 N–H and O–H groups in total. The molecule has 2 rings (SSSR count). The zero-order valence-electron chi connectivity index (χ0n) is 12.5. The topological polar surface area (TPSA) is 30.5 Å². The SMILES string of the molecule is CCCNC(c1cc(Br)ccc1OC)c1sccc1OC. The summed E-state index contributed by atoms with van der Waals surface area (Å²) in [6, 6.07) is 8.15. The van der Waals surface area contributed by atoms with Crippen molar-refractivity contribution < 1.29 is 9.47 Å². The van der Waals surface area contributed by atoms with Crippen molar-refractivity contribution in [2.75, 3.05) is 20.8 Å². The van der Waals surface area contributed by atoms with Crippen LogP contribution >= 0.6 is 27.3 Å². The first-order valence-electron chi connectivity index (χ1n) is 6.89. The summed E-state index contributed by atoms with van der Waals surface area (Å²) >= 11 is 5.24. The summed E-state index contributed by atoms with van der Waals surface area (Å²) in [4.78, 5) is 1.17. The lowest BCUT2D eigenvalue weighted by atomic mass is 10.0. The van der Waals surface area contributed by atoms with Crippen LogP contribution in [0.15, 0.2) is 34.1 Å². The lowest BCUT2D eigenvalue weighted by Gasteiger charge is -2.21. The van der Waals surface area contributed by atoms with Gasteiger partial charge in [0, 0.05) is 10.0 Å². The van der Waals surface area contributed by atoms with Gasteiger partial charge in [-0.05, 0) is 42.6 Å². The van der Waals surface area contributed by atoms with E-state index in [-0.39, 0.29) is 6.04 Å². The van der Waals surface area contributed by atoms with Crippen molar-refractivity contribution in [3.05, 3.63) is 44.6 Å². The van der Waals surface area contributed by atoms with Gasteiger partial charge in [-0.25, -0.2) is 0 Å². The number of halogens is 1. The summed E-state index contributed by atoms with van der Waals surface area (Å²) in [7, 11) is 3.41. The van der Waals surface area contributed by atoms with Crippen LogP contribution in [0.4, 0.5) is 0 Å². The standard InChI is InChI=1S/C16H20BrNO2S/c1-4-8-18-15(16-14(20-3)7-9-21-16)12-10-11(17)5-6-13(12)19-2/h5-7,9-10,15,18H,4,8H2,1-3H3. The fourth-order valence-electron chi connectivity index (χ4n) is 2.25. The molecule has 0 aliphatic rings. The molecule has 1 atom stereocenters. The highest BCUT2D eigenvalue weighted by molar-refractivity contribution is 9.10. The molecule has 0 fully saturated rings. The molecule has 2 aromatic rings. The Bertz CT molecular complexity index is 585. The Labute approximate surface area is 138 Å². The molecule has 21 heavy (non-hydrogen) atoms. The second-order valence-electron chi connectivity index (χ2n) is 4.63. The summed E-state index contributed by atoms with van der Waals surface area (Å²) in [5.41, 5.74) is 1.11. The van der Waals surface area contributed by atoms with Crippen LogP contribution in [0.3, 0.4) is 0 Å².